The maximum absolute atomic E-state index is 12.4. The molecule has 0 bridgehead atoms. The Morgan fingerprint density at radius 3 is 2.42 bits per heavy atom. The van der Waals surface area contributed by atoms with Gasteiger partial charge in [0.15, 0.2) is 0 Å². The number of carboxylic acids is 1. The fraction of sp³-hybridized carbons (Fsp3) is 0.500. The molecule has 1 aromatic carbocycles. The first-order chi connectivity index (χ1) is 8.97. The zero-order valence-corrected chi connectivity index (χ0v) is 10.7. The van der Waals surface area contributed by atoms with E-state index in [0.717, 1.165) is 18.7 Å². The van der Waals surface area contributed by atoms with Crippen LogP contribution < -0.4 is 0 Å². The minimum atomic E-state index is -2.43. The standard InChI is InChI=1S/C14H17F2NO2/c1-9(14(18)19)12-7-17(8-12)6-10-2-4-11(5-3-10)13(15)16/h2-5,9,12-13H,6-8H2,1H3,(H,18,19). The van der Waals surface area contributed by atoms with Crippen molar-refractivity contribution in [1.82, 2.24) is 4.90 Å². The molecule has 19 heavy (non-hydrogen) atoms. The molecule has 0 amide bonds. The van der Waals surface area contributed by atoms with Crippen molar-refractivity contribution in [2.24, 2.45) is 11.8 Å². The minimum absolute atomic E-state index is 0.0322. The van der Waals surface area contributed by atoms with Gasteiger partial charge in [-0.15, -0.1) is 0 Å². The Bertz CT molecular complexity index is 441. The van der Waals surface area contributed by atoms with Crippen LogP contribution in [0.25, 0.3) is 0 Å². The lowest BCUT2D eigenvalue weighted by Crippen LogP contribution is -2.50. The monoisotopic (exact) mass is 269 g/mol. The SMILES string of the molecule is CC(C(=O)O)C1CN(Cc2ccc(C(F)F)cc2)C1. The number of alkyl halides is 2. The average Bonchev–Trinajstić information content (AvgIpc) is 2.33. The van der Waals surface area contributed by atoms with Crippen LogP contribution in [0.1, 0.15) is 24.5 Å². The zero-order chi connectivity index (χ0) is 14.0. The Kier molecular flexibility index (Phi) is 4.14. The van der Waals surface area contributed by atoms with E-state index in [-0.39, 0.29) is 17.4 Å². The van der Waals surface area contributed by atoms with Gasteiger partial charge in [-0.2, -0.15) is 0 Å². The van der Waals surface area contributed by atoms with Gasteiger partial charge in [0, 0.05) is 25.2 Å². The predicted octanol–water partition coefficient (Wildman–Crippen LogP) is 2.78. The van der Waals surface area contributed by atoms with Crippen molar-refractivity contribution in [3.63, 3.8) is 0 Å². The summed E-state index contributed by atoms with van der Waals surface area (Å²) in [7, 11) is 0. The third-order valence-electron chi connectivity index (χ3n) is 3.72. The lowest BCUT2D eigenvalue weighted by Gasteiger charge is -2.41. The van der Waals surface area contributed by atoms with Crippen molar-refractivity contribution in [1.29, 1.82) is 0 Å². The Labute approximate surface area is 110 Å². The molecule has 1 aliphatic heterocycles. The van der Waals surface area contributed by atoms with Gasteiger partial charge in [-0.1, -0.05) is 31.2 Å². The Balaban J connectivity index is 1.83. The molecule has 1 atom stereocenters. The molecule has 0 radical (unpaired) electrons. The maximum Gasteiger partial charge on any atom is 0.306 e. The quantitative estimate of drug-likeness (QED) is 0.893. The maximum atomic E-state index is 12.4. The summed E-state index contributed by atoms with van der Waals surface area (Å²) >= 11 is 0. The number of carboxylic acid groups (broad SMARTS) is 1. The lowest BCUT2D eigenvalue weighted by molar-refractivity contribution is -0.145. The van der Waals surface area contributed by atoms with Crippen LogP contribution in [0.4, 0.5) is 8.78 Å². The predicted molar refractivity (Wildman–Crippen MR) is 67.0 cm³/mol. The second kappa shape index (κ2) is 5.65. The van der Waals surface area contributed by atoms with Crippen LogP contribution in [0, 0.1) is 11.8 Å². The Morgan fingerprint density at radius 1 is 1.37 bits per heavy atom. The first-order valence-electron chi connectivity index (χ1n) is 6.29. The number of likely N-dealkylation sites (tertiary alicyclic amines) is 1. The van der Waals surface area contributed by atoms with Gasteiger partial charge < -0.3 is 5.11 Å². The molecular formula is C14H17F2NO2. The average molecular weight is 269 g/mol. The molecule has 1 aliphatic rings. The molecule has 1 heterocycles. The van der Waals surface area contributed by atoms with E-state index in [1.807, 2.05) is 0 Å². The van der Waals surface area contributed by atoms with Gasteiger partial charge in [0.25, 0.3) is 6.43 Å². The van der Waals surface area contributed by atoms with Gasteiger partial charge in [-0.05, 0) is 11.5 Å². The molecule has 1 N–H and O–H groups in total. The fourth-order valence-corrected chi connectivity index (χ4v) is 2.28. The van der Waals surface area contributed by atoms with Gasteiger partial charge in [-0.25, -0.2) is 8.78 Å². The van der Waals surface area contributed by atoms with Gasteiger partial charge in [0.2, 0.25) is 0 Å². The van der Waals surface area contributed by atoms with Gasteiger partial charge in [0.05, 0.1) is 5.92 Å². The van der Waals surface area contributed by atoms with E-state index in [2.05, 4.69) is 4.90 Å². The molecule has 0 aromatic heterocycles. The number of benzene rings is 1. The Hall–Kier alpha value is -1.49. The topological polar surface area (TPSA) is 40.5 Å². The van der Waals surface area contributed by atoms with Gasteiger partial charge in [0.1, 0.15) is 0 Å². The Morgan fingerprint density at radius 2 is 1.95 bits per heavy atom. The lowest BCUT2D eigenvalue weighted by atomic mass is 9.87. The van der Waals surface area contributed by atoms with E-state index < -0.39 is 12.4 Å². The minimum Gasteiger partial charge on any atom is -0.481 e. The highest BCUT2D eigenvalue weighted by atomic mass is 19.3. The molecule has 0 saturated carbocycles. The normalized spacial score (nSPS) is 18.3. The largest absolute Gasteiger partial charge is 0.481 e. The summed E-state index contributed by atoms with van der Waals surface area (Å²) in [5, 5.41) is 8.89. The van der Waals surface area contributed by atoms with Crippen molar-refractivity contribution in [3.05, 3.63) is 35.4 Å². The molecule has 1 unspecified atom stereocenters. The van der Waals surface area contributed by atoms with Crippen LogP contribution in [0.15, 0.2) is 24.3 Å². The summed E-state index contributed by atoms with van der Waals surface area (Å²) in [6.45, 7) is 3.92. The molecule has 1 saturated heterocycles. The van der Waals surface area contributed by atoms with Crippen molar-refractivity contribution in [3.8, 4) is 0 Å². The molecule has 2 rings (SSSR count). The number of hydrogen-bond acceptors (Lipinski definition) is 2. The first kappa shape index (κ1) is 13.9. The van der Waals surface area contributed by atoms with Crippen molar-refractivity contribution in [2.75, 3.05) is 13.1 Å². The summed E-state index contributed by atoms with van der Waals surface area (Å²) < 4.78 is 24.8. The molecule has 1 fully saturated rings. The van der Waals surface area contributed by atoms with E-state index in [0.29, 0.717) is 6.54 Å². The highest BCUT2D eigenvalue weighted by Gasteiger charge is 2.34. The zero-order valence-electron chi connectivity index (χ0n) is 10.7. The van der Waals surface area contributed by atoms with Crippen LogP contribution in [-0.2, 0) is 11.3 Å². The number of nitrogens with zero attached hydrogens (tertiary/aromatic N) is 1. The van der Waals surface area contributed by atoms with Crippen molar-refractivity contribution < 1.29 is 18.7 Å². The third kappa shape index (κ3) is 3.29. The van der Waals surface area contributed by atoms with Crippen molar-refractivity contribution in [2.45, 2.75) is 19.9 Å². The summed E-state index contributed by atoms with van der Waals surface area (Å²) in [5.74, 6) is -0.888. The second-order valence-electron chi connectivity index (χ2n) is 5.12. The molecule has 3 nitrogen and oxygen atoms in total. The van der Waals surface area contributed by atoms with Crippen LogP contribution in [0.2, 0.25) is 0 Å². The summed E-state index contributed by atoms with van der Waals surface area (Å²) in [5.41, 5.74) is 1.01. The van der Waals surface area contributed by atoms with E-state index in [9.17, 15) is 13.6 Å². The van der Waals surface area contributed by atoms with E-state index in [4.69, 9.17) is 5.11 Å². The molecule has 5 heteroatoms. The molecule has 0 spiro atoms. The first-order valence-corrected chi connectivity index (χ1v) is 6.29. The number of rotatable bonds is 5. The van der Waals surface area contributed by atoms with Gasteiger partial charge >= 0.3 is 5.97 Å². The number of halogens is 2. The fourth-order valence-electron chi connectivity index (χ4n) is 2.28. The summed E-state index contributed by atoms with van der Waals surface area (Å²) in [4.78, 5) is 12.9. The number of hydrogen-bond donors (Lipinski definition) is 1. The van der Waals surface area contributed by atoms with Gasteiger partial charge in [-0.3, -0.25) is 9.69 Å². The van der Waals surface area contributed by atoms with Crippen LogP contribution in [0.3, 0.4) is 0 Å². The summed E-state index contributed by atoms with van der Waals surface area (Å²) in [6.07, 6.45) is -2.43. The van der Waals surface area contributed by atoms with E-state index in [1.165, 1.54) is 12.1 Å². The number of carbonyl (C=O) groups is 1. The van der Waals surface area contributed by atoms with Crippen LogP contribution in [0.5, 0.6) is 0 Å². The van der Waals surface area contributed by atoms with E-state index >= 15 is 0 Å². The smallest absolute Gasteiger partial charge is 0.306 e. The molecule has 1 aromatic rings. The highest BCUT2D eigenvalue weighted by Crippen LogP contribution is 2.26. The second-order valence-corrected chi connectivity index (χ2v) is 5.12. The molecule has 0 aliphatic carbocycles. The molecule has 104 valence electrons. The number of aliphatic carboxylic acids is 1. The molecular weight excluding hydrogens is 252 g/mol. The highest BCUT2D eigenvalue weighted by molar-refractivity contribution is 5.70. The third-order valence-corrected chi connectivity index (χ3v) is 3.72. The van der Waals surface area contributed by atoms with Crippen molar-refractivity contribution >= 4 is 5.97 Å². The van der Waals surface area contributed by atoms with E-state index in [1.54, 1.807) is 19.1 Å². The summed E-state index contributed by atoms with van der Waals surface area (Å²) in [6, 6.07) is 6.29. The van der Waals surface area contributed by atoms with Crippen LogP contribution in [-0.4, -0.2) is 29.1 Å². The van der Waals surface area contributed by atoms with Crippen LogP contribution >= 0.6 is 0 Å².